The number of carbonyl (C=O) groups is 2. The predicted molar refractivity (Wildman–Crippen MR) is 193 cm³/mol. The fourth-order valence-electron chi connectivity index (χ4n) is 6.64. The van der Waals surface area contributed by atoms with Gasteiger partial charge in [-0.3, -0.25) is 14.6 Å². The number of amides is 2. The average molecular weight is 717 g/mol. The molecule has 14 heteroatoms. The second-order valence-corrected chi connectivity index (χ2v) is 14.5. The normalized spacial score (nSPS) is 18.0. The van der Waals surface area contributed by atoms with E-state index in [1.807, 2.05) is 77.1 Å². The molecule has 2 aliphatic heterocycles. The third-order valence-corrected chi connectivity index (χ3v) is 9.20. The van der Waals surface area contributed by atoms with Gasteiger partial charge in [0.15, 0.2) is 5.65 Å². The first-order valence-electron chi connectivity index (χ1n) is 17.5. The van der Waals surface area contributed by atoms with Crippen LogP contribution in [-0.2, 0) is 16.1 Å². The molecule has 0 radical (unpaired) electrons. The molecule has 13 nitrogen and oxygen atoms in total. The highest BCUT2D eigenvalue weighted by Gasteiger charge is 2.34. The number of halogens is 1. The van der Waals surface area contributed by atoms with E-state index >= 15 is 0 Å². The summed E-state index contributed by atoms with van der Waals surface area (Å²) >= 11 is 6.06. The number of benzene rings is 1. The number of rotatable bonds is 4. The molecule has 0 spiro atoms. The summed E-state index contributed by atoms with van der Waals surface area (Å²) in [4.78, 5) is 47.6. The van der Waals surface area contributed by atoms with Crippen LogP contribution < -0.4 is 5.56 Å². The molecule has 51 heavy (non-hydrogen) atoms. The van der Waals surface area contributed by atoms with Crippen molar-refractivity contribution in [3.05, 3.63) is 98.4 Å². The number of H-pyrrole nitrogens is 1. The first-order valence-corrected chi connectivity index (χ1v) is 17.8. The topological polar surface area (TPSA) is 139 Å². The number of likely N-dealkylation sites (tertiary alicyclic amines) is 2. The smallest absolute Gasteiger partial charge is 0.410 e. The molecule has 2 atom stereocenters. The van der Waals surface area contributed by atoms with Crippen LogP contribution >= 0.6 is 11.6 Å². The molecule has 7 rings (SSSR count). The van der Waals surface area contributed by atoms with Crippen LogP contribution in [-0.4, -0.2) is 69.9 Å². The van der Waals surface area contributed by atoms with Gasteiger partial charge in [-0.1, -0.05) is 41.9 Å². The standard InChI is InChI=1S/C20H21ClN4O2.C17H24N4O3/c1-14-11-18(21)22-19-12-16(23-25(14)19)17-9-5-6-10-24(17)20(26)27-13-15-7-3-2-4-8-15;1-11-9-15(22)18-14-10-12(19-21(11)14)13-7-5-6-8-20(13)16(23)24-17(2,3)4/h2-4,7-8,11-12,17H,5-6,9-10,13H2,1H3;9-10,13H,5-8H2,1-4H3,(H,18,22)/t17-;13-/m00/s1. The van der Waals surface area contributed by atoms with Crippen molar-refractivity contribution in [2.45, 2.75) is 97.4 Å². The largest absolute Gasteiger partial charge is 0.445 e. The molecule has 5 aromatic rings. The molecule has 2 fully saturated rings. The first kappa shape index (κ1) is 35.9. The lowest BCUT2D eigenvalue weighted by Gasteiger charge is -2.35. The van der Waals surface area contributed by atoms with E-state index in [4.69, 9.17) is 21.1 Å². The third-order valence-electron chi connectivity index (χ3n) is 9.00. The van der Waals surface area contributed by atoms with E-state index in [0.29, 0.717) is 29.5 Å². The minimum Gasteiger partial charge on any atom is -0.445 e. The molecule has 6 heterocycles. The Balaban J connectivity index is 0.000000177. The number of aromatic amines is 1. The van der Waals surface area contributed by atoms with Crippen molar-refractivity contribution in [3.8, 4) is 0 Å². The SMILES string of the molecule is Cc1cc(=O)[nH]c2cc([C@@H]3CCCCN3C(=O)OC(C)(C)C)nn12.Cc1cc(Cl)nc2cc([C@@H]3CCCCN3C(=O)OCc3ccccc3)nn12. The van der Waals surface area contributed by atoms with Crippen LogP contribution in [0.2, 0.25) is 5.15 Å². The number of aryl methyl sites for hydroxylation is 2. The zero-order valence-corrected chi connectivity index (χ0v) is 30.5. The van der Waals surface area contributed by atoms with Gasteiger partial charge in [-0.2, -0.15) is 10.2 Å². The second-order valence-electron chi connectivity index (χ2n) is 14.1. The molecule has 0 unspecified atom stereocenters. The molecule has 4 aromatic heterocycles. The summed E-state index contributed by atoms with van der Waals surface area (Å²) in [6, 6.07) is 16.5. The molecule has 2 saturated heterocycles. The van der Waals surface area contributed by atoms with Gasteiger partial charge >= 0.3 is 12.2 Å². The van der Waals surface area contributed by atoms with Crippen LogP contribution in [0.25, 0.3) is 11.3 Å². The second kappa shape index (κ2) is 15.1. The van der Waals surface area contributed by atoms with Gasteiger partial charge in [-0.25, -0.2) is 23.6 Å². The number of fused-ring (bicyclic) bond motifs is 2. The number of nitrogens with zero attached hydrogens (tertiary/aromatic N) is 7. The fraction of sp³-hybridized carbons (Fsp3) is 0.459. The van der Waals surface area contributed by atoms with Gasteiger partial charge in [0.2, 0.25) is 0 Å². The van der Waals surface area contributed by atoms with Gasteiger partial charge in [0.05, 0.1) is 23.5 Å². The van der Waals surface area contributed by atoms with Gasteiger partial charge in [0, 0.05) is 42.7 Å². The maximum absolute atomic E-state index is 12.7. The Labute approximate surface area is 301 Å². The van der Waals surface area contributed by atoms with E-state index in [0.717, 1.165) is 66.9 Å². The van der Waals surface area contributed by atoms with E-state index in [1.54, 1.807) is 24.9 Å². The highest BCUT2D eigenvalue weighted by molar-refractivity contribution is 6.29. The Morgan fingerprint density at radius 1 is 0.843 bits per heavy atom. The van der Waals surface area contributed by atoms with E-state index in [1.165, 1.54) is 6.07 Å². The maximum atomic E-state index is 12.7. The van der Waals surface area contributed by atoms with Crippen LogP contribution in [0.15, 0.2) is 59.4 Å². The summed E-state index contributed by atoms with van der Waals surface area (Å²) in [5.74, 6) is 0. The van der Waals surface area contributed by atoms with Crippen LogP contribution in [0, 0.1) is 13.8 Å². The van der Waals surface area contributed by atoms with E-state index in [9.17, 15) is 14.4 Å². The minimum atomic E-state index is -0.528. The van der Waals surface area contributed by atoms with Gasteiger partial charge in [-0.15, -0.1) is 0 Å². The van der Waals surface area contributed by atoms with E-state index in [-0.39, 0.29) is 36.4 Å². The van der Waals surface area contributed by atoms with Crippen molar-refractivity contribution in [2.75, 3.05) is 13.1 Å². The number of nitrogens with one attached hydrogen (secondary N) is 1. The molecule has 2 amide bonds. The summed E-state index contributed by atoms with van der Waals surface area (Å²) in [6.07, 6.45) is 5.09. The Morgan fingerprint density at radius 2 is 1.45 bits per heavy atom. The average Bonchev–Trinajstić information content (AvgIpc) is 3.72. The zero-order chi connectivity index (χ0) is 36.3. The number of piperidine rings is 2. The van der Waals surface area contributed by atoms with Crippen molar-refractivity contribution in [1.29, 1.82) is 0 Å². The first-order chi connectivity index (χ1) is 24.4. The van der Waals surface area contributed by atoms with Crippen molar-refractivity contribution >= 4 is 35.1 Å². The molecular formula is C37H45ClN8O5. The molecule has 0 bridgehead atoms. The van der Waals surface area contributed by atoms with Gasteiger partial charge in [0.25, 0.3) is 5.56 Å². The van der Waals surface area contributed by atoms with Crippen LogP contribution in [0.4, 0.5) is 9.59 Å². The summed E-state index contributed by atoms with van der Waals surface area (Å²) < 4.78 is 14.6. The van der Waals surface area contributed by atoms with Crippen molar-refractivity contribution < 1.29 is 19.1 Å². The minimum absolute atomic E-state index is 0.109. The Kier molecular flexibility index (Phi) is 10.7. The summed E-state index contributed by atoms with van der Waals surface area (Å²) in [5.41, 5.74) is 4.91. The van der Waals surface area contributed by atoms with Gasteiger partial charge < -0.3 is 14.5 Å². The Morgan fingerprint density at radius 3 is 2.12 bits per heavy atom. The van der Waals surface area contributed by atoms with Crippen LogP contribution in [0.1, 0.15) is 99.7 Å². The number of hydrogen-bond acceptors (Lipinski definition) is 8. The number of aromatic nitrogens is 6. The molecule has 0 aliphatic carbocycles. The van der Waals surface area contributed by atoms with Crippen LogP contribution in [0.5, 0.6) is 0 Å². The van der Waals surface area contributed by atoms with Crippen molar-refractivity contribution in [3.63, 3.8) is 0 Å². The van der Waals surface area contributed by atoms with E-state index < -0.39 is 5.60 Å². The molecule has 2 aliphatic rings. The number of ether oxygens (including phenoxy) is 2. The van der Waals surface area contributed by atoms with Crippen molar-refractivity contribution in [2.24, 2.45) is 0 Å². The quantitative estimate of drug-likeness (QED) is 0.191. The lowest BCUT2D eigenvalue weighted by Crippen LogP contribution is -2.42. The highest BCUT2D eigenvalue weighted by atomic mass is 35.5. The summed E-state index contributed by atoms with van der Waals surface area (Å²) in [7, 11) is 0. The van der Waals surface area contributed by atoms with E-state index in [2.05, 4.69) is 20.2 Å². The summed E-state index contributed by atoms with van der Waals surface area (Å²) in [5, 5.41) is 9.72. The van der Waals surface area contributed by atoms with Crippen LogP contribution in [0.3, 0.4) is 0 Å². The van der Waals surface area contributed by atoms with Gasteiger partial charge in [-0.05, 0) is 84.8 Å². The molecule has 1 N–H and O–H groups in total. The number of carbonyl (C=O) groups excluding carboxylic acids is 2. The molecule has 0 saturated carbocycles. The molecule has 1 aromatic carbocycles. The predicted octanol–water partition coefficient (Wildman–Crippen LogP) is 7.35. The number of hydrogen-bond donors (Lipinski definition) is 1. The van der Waals surface area contributed by atoms with Gasteiger partial charge in [0.1, 0.15) is 23.0 Å². The molecule has 270 valence electrons. The maximum Gasteiger partial charge on any atom is 0.410 e. The molecular weight excluding hydrogens is 672 g/mol. The third kappa shape index (κ3) is 8.53. The monoisotopic (exact) mass is 716 g/mol. The lowest BCUT2D eigenvalue weighted by molar-refractivity contribution is 0.00896. The Bertz CT molecular complexity index is 2070. The Hall–Kier alpha value is -4.91. The highest BCUT2D eigenvalue weighted by Crippen LogP contribution is 2.33. The fourth-order valence-corrected chi connectivity index (χ4v) is 6.88. The summed E-state index contributed by atoms with van der Waals surface area (Å²) in [6.45, 7) is 11.0. The zero-order valence-electron chi connectivity index (χ0n) is 29.8. The lowest BCUT2D eigenvalue weighted by atomic mass is 10.00. The van der Waals surface area contributed by atoms with Crippen molar-refractivity contribution in [1.82, 2.24) is 39.0 Å².